The third-order valence-corrected chi connectivity index (χ3v) is 9.41. The number of carbonyl (C=O) groups is 2. The molecule has 0 saturated heterocycles. The Kier molecular flexibility index (Phi) is 10.0. The number of hydrogen-bond acceptors (Lipinski definition) is 4. The lowest BCUT2D eigenvalue weighted by atomic mass is 10.0. The van der Waals surface area contributed by atoms with E-state index in [0.717, 1.165) is 21.0 Å². The highest BCUT2D eigenvalue weighted by Gasteiger charge is 2.35. The van der Waals surface area contributed by atoms with Crippen molar-refractivity contribution < 1.29 is 18.0 Å². The summed E-state index contributed by atoms with van der Waals surface area (Å²) in [6.45, 7) is 3.20. The smallest absolute Gasteiger partial charge is 0.264 e. The van der Waals surface area contributed by atoms with Crippen LogP contribution in [0.5, 0.6) is 0 Å². The summed E-state index contributed by atoms with van der Waals surface area (Å²) in [7, 11) is -2.64. The van der Waals surface area contributed by atoms with Gasteiger partial charge in [0.2, 0.25) is 11.8 Å². The second-order valence-corrected chi connectivity index (χ2v) is 12.2. The van der Waals surface area contributed by atoms with Gasteiger partial charge in [-0.25, -0.2) is 8.42 Å². The van der Waals surface area contributed by atoms with Crippen molar-refractivity contribution in [2.45, 2.75) is 37.8 Å². The first-order valence-corrected chi connectivity index (χ1v) is 15.4. The third kappa shape index (κ3) is 7.01. The summed E-state index contributed by atoms with van der Waals surface area (Å²) in [6, 6.07) is 28.9. The lowest BCUT2D eigenvalue weighted by Gasteiger charge is -2.34. The molecule has 0 aliphatic carbocycles. The number of halogens is 1. The van der Waals surface area contributed by atoms with Gasteiger partial charge in [0, 0.05) is 25.0 Å². The van der Waals surface area contributed by atoms with Gasteiger partial charge in [0.1, 0.15) is 12.6 Å². The Hall–Kier alpha value is -4.14. The van der Waals surface area contributed by atoms with E-state index in [-0.39, 0.29) is 23.8 Å². The topological polar surface area (TPSA) is 86.8 Å². The number of carbonyl (C=O) groups excluding carboxylic acids is 2. The predicted molar refractivity (Wildman–Crippen MR) is 167 cm³/mol. The van der Waals surface area contributed by atoms with E-state index in [0.29, 0.717) is 16.3 Å². The SMILES string of the molecule is CNC(=O)[C@H](Cc1ccccc1)N(Cc1ccccc1Cl)C(=O)CN(c1cccc(C)c1C)S(=O)(=O)c1ccccc1. The van der Waals surface area contributed by atoms with Crippen molar-refractivity contribution >= 4 is 39.1 Å². The van der Waals surface area contributed by atoms with Gasteiger partial charge in [-0.05, 0) is 60.4 Å². The summed E-state index contributed by atoms with van der Waals surface area (Å²) in [5, 5.41) is 3.12. The Morgan fingerprint density at radius 2 is 1.45 bits per heavy atom. The van der Waals surface area contributed by atoms with E-state index in [9.17, 15) is 18.0 Å². The fourth-order valence-corrected chi connectivity index (χ4v) is 6.46. The molecule has 0 saturated carbocycles. The lowest BCUT2D eigenvalue weighted by molar-refractivity contribution is -0.139. The highest BCUT2D eigenvalue weighted by atomic mass is 35.5. The number of amides is 2. The van der Waals surface area contributed by atoms with Crippen LogP contribution in [0.3, 0.4) is 0 Å². The number of rotatable bonds is 11. The second-order valence-electron chi connectivity index (χ2n) is 9.98. The molecular formula is C33H34ClN3O4S. The van der Waals surface area contributed by atoms with E-state index >= 15 is 0 Å². The average molecular weight is 604 g/mol. The molecule has 0 bridgehead atoms. The standard InChI is InChI=1S/C33H34ClN3O4S/c1-24-13-12-20-30(25(24)2)37(42(40,41)28-17-8-5-9-18-28)23-32(38)36(22-27-16-10-11-19-29(27)34)31(33(39)35-3)21-26-14-6-4-7-15-26/h4-20,31H,21-23H2,1-3H3,(H,35,39)/t31-/m0/s1. The van der Waals surface area contributed by atoms with Gasteiger partial charge in [-0.1, -0.05) is 90.5 Å². The number of sulfonamides is 1. The monoisotopic (exact) mass is 603 g/mol. The maximum absolute atomic E-state index is 14.4. The molecule has 9 heteroatoms. The zero-order chi connectivity index (χ0) is 30.3. The number of benzene rings is 4. The number of likely N-dealkylation sites (N-methyl/N-ethyl adjacent to an activating group) is 1. The van der Waals surface area contributed by atoms with E-state index in [1.807, 2.05) is 50.2 Å². The zero-order valence-corrected chi connectivity index (χ0v) is 25.4. The van der Waals surface area contributed by atoms with Crippen molar-refractivity contribution in [1.82, 2.24) is 10.2 Å². The molecule has 218 valence electrons. The van der Waals surface area contributed by atoms with Crippen LogP contribution in [0, 0.1) is 13.8 Å². The number of anilines is 1. The maximum Gasteiger partial charge on any atom is 0.264 e. The molecule has 7 nitrogen and oxygen atoms in total. The molecule has 4 aromatic rings. The van der Waals surface area contributed by atoms with Gasteiger partial charge in [0.25, 0.3) is 10.0 Å². The average Bonchev–Trinajstić information content (AvgIpc) is 3.00. The minimum Gasteiger partial charge on any atom is -0.357 e. The molecular weight excluding hydrogens is 570 g/mol. The molecule has 0 radical (unpaired) electrons. The summed E-state index contributed by atoms with van der Waals surface area (Å²) in [5.41, 5.74) is 3.50. The zero-order valence-electron chi connectivity index (χ0n) is 23.8. The first-order chi connectivity index (χ1) is 20.1. The van der Waals surface area contributed by atoms with Crippen molar-refractivity contribution in [3.8, 4) is 0 Å². The second kappa shape index (κ2) is 13.7. The Morgan fingerprint density at radius 1 is 0.833 bits per heavy atom. The minimum atomic E-state index is -4.15. The molecule has 1 atom stereocenters. The van der Waals surface area contributed by atoms with Crippen LogP contribution in [0.2, 0.25) is 5.02 Å². The molecule has 42 heavy (non-hydrogen) atoms. The first kappa shape index (κ1) is 30.8. The van der Waals surface area contributed by atoms with Crippen LogP contribution >= 0.6 is 11.6 Å². The van der Waals surface area contributed by atoms with Gasteiger partial charge in [-0.3, -0.25) is 13.9 Å². The largest absolute Gasteiger partial charge is 0.357 e. The molecule has 4 aromatic carbocycles. The van der Waals surface area contributed by atoms with Gasteiger partial charge in [0.05, 0.1) is 10.6 Å². The Balaban J connectivity index is 1.82. The van der Waals surface area contributed by atoms with E-state index in [1.54, 1.807) is 54.6 Å². The summed E-state index contributed by atoms with van der Waals surface area (Å²) in [6.07, 6.45) is 0.228. The van der Waals surface area contributed by atoms with Gasteiger partial charge < -0.3 is 10.2 Å². The van der Waals surface area contributed by atoms with Gasteiger partial charge in [-0.15, -0.1) is 0 Å². The van der Waals surface area contributed by atoms with Crippen molar-refractivity contribution in [2.75, 3.05) is 17.9 Å². The van der Waals surface area contributed by atoms with E-state index in [1.165, 1.54) is 24.1 Å². The molecule has 0 unspecified atom stereocenters. The van der Waals surface area contributed by atoms with Gasteiger partial charge in [-0.2, -0.15) is 0 Å². The van der Waals surface area contributed by atoms with Crippen LogP contribution in [0.15, 0.2) is 108 Å². The number of aryl methyl sites for hydroxylation is 1. The molecule has 0 aliphatic rings. The van der Waals surface area contributed by atoms with Gasteiger partial charge in [0.15, 0.2) is 0 Å². The van der Waals surface area contributed by atoms with Crippen molar-refractivity contribution in [2.24, 2.45) is 0 Å². The van der Waals surface area contributed by atoms with E-state index < -0.39 is 28.5 Å². The molecule has 0 aromatic heterocycles. The van der Waals surface area contributed by atoms with Gasteiger partial charge >= 0.3 is 0 Å². The summed E-state index contributed by atoms with van der Waals surface area (Å²) < 4.78 is 29.3. The number of nitrogens with zero attached hydrogens (tertiary/aromatic N) is 2. The van der Waals surface area contributed by atoms with E-state index in [4.69, 9.17) is 11.6 Å². The summed E-state index contributed by atoms with van der Waals surface area (Å²) in [4.78, 5) is 29.2. The predicted octanol–water partition coefficient (Wildman–Crippen LogP) is 5.54. The molecule has 0 heterocycles. The molecule has 0 spiro atoms. The highest BCUT2D eigenvalue weighted by Crippen LogP contribution is 2.29. The molecule has 0 fully saturated rings. The summed E-state index contributed by atoms with van der Waals surface area (Å²) >= 11 is 6.50. The molecule has 2 amide bonds. The van der Waals surface area contributed by atoms with Crippen LogP contribution in [-0.4, -0.2) is 44.8 Å². The lowest BCUT2D eigenvalue weighted by Crippen LogP contribution is -2.53. The number of nitrogens with one attached hydrogen (secondary N) is 1. The molecule has 1 N–H and O–H groups in total. The normalized spacial score (nSPS) is 11.9. The molecule has 4 rings (SSSR count). The maximum atomic E-state index is 14.4. The fraction of sp³-hybridized carbons (Fsp3) is 0.212. The fourth-order valence-electron chi connectivity index (χ4n) is 4.77. The quantitative estimate of drug-likeness (QED) is 0.244. The van der Waals surface area contributed by atoms with Crippen LogP contribution in [0.4, 0.5) is 5.69 Å². The Morgan fingerprint density at radius 3 is 2.10 bits per heavy atom. The van der Waals surface area contributed by atoms with Crippen LogP contribution in [0.1, 0.15) is 22.3 Å². The van der Waals surface area contributed by atoms with Crippen LogP contribution in [-0.2, 0) is 32.6 Å². The third-order valence-electron chi connectivity index (χ3n) is 7.27. The summed E-state index contributed by atoms with van der Waals surface area (Å²) in [5.74, 6) is -0.914. The van der Waals surface area contributed by atoms with Crippen molar-refractivity contribution in [3.05, 3.63) is 130 Å². The molecule has 0 aliphatic heterocycles. The highest BCUT2D eigenvalue weighted by molar-refractivity contribution is 7.92. The Bertz CT molecular complexity index is 1650. The Labute approximate surface area is 252 Å². The number of hydrogen-bond donors (Lipinski definition) is 1. The van der Waals surface area contributed by atoms with Crippen molar-refractivity contribution in [1.29, 1.82) is 0 Å². The van der Waals surface area contributed by atoms with Crippen molar-refractivity contribution in [3.63, 3.8) is 0 Å². The van der Waals surface area contributed by atoms with Crippen LogP contribution in [0.25, 0.3) is 0 Å². The minimum absolute atomic E-state index is 0.00938. The van der Waals surface area contributed by atoms with Crippen LogP contribution < -0.4 is 9.62 Å². The first-order valence-electron chi connectivity index (χ1n) is 13.6. The van der Waals surface area contributed by atoms with E-state index in [2.05, 4.69) is 5.32 Å².